The quantitative estimate of drug-likeness (QED) is 0.645. The fourth-order valence-electron chi connectivity index (χ4n) is 2.54. The van der Waals surface area contributed by atoms with Gasteiger partial charge in [0, 0.05) is 19.4 Å². The lowest BCUT2D eigenvalue weighted by Gasteiger charge is -2.21. The third-order valence-corrected chi connectivity index (χ3v) is 3.73. The van der Waals surface area contributed by atoms with Crippen LogP contribution >= 0.6 is 0 Å². The third kappa shape index (κ3) is 6.10. The average molecular weight is 338 g/mol. The van der Waals surface area contributed by atoms with Crippen molar-refractivity contribution in [3.63, 3.8) is 0 Å². The van der Waals surface area contributed by atoms with Gasteiger partial charge in [-0.1, -0.05) is 0 Å². The Labute approximate surface area is 143 Å². The molecule has 0 unspecified atom stereocenters. The first kappa shape index (κ1) is 19.8. The highest BCUT2D eigenvalue weighted by Gasteiger charge is 2.19. The topological polar surface area (TPSA) is 71.1 Å². The molecule has 1 rings (SSSR count). The second-order valence-corrected chi connectivity index (χ2v) is 5.52. The normalized spacial score (nSPS) is 10.4. The van der Waals surface area contributed by atoms with Gasteiger partial charge in [0.25, 0.3) is 0 Å². The fourth-order valence-corrected chi connectivity index (χ4v) is 2.54. The van der Waals surface area contributed by atoms with Crippen molar-refractivity contribution in [2.24, 2.45) is 0 Å². The molecule has 0 amide bonds. The Balaban J connectivity index is 3.01. The molecule has 0 saturated heterocycles. The first-order chi connectivity index (χ1) is 11.4. The molecule has 6 nitrogen and oxygen atoms in total. The molecule has 0 aliphatic carbocycles. The summed E-state index contributed by atoms with van der Waals surface area (Å²) >= 11 is 0. The number of hydrogen-bond donors (Lipinski definition) is 0. The Hall–Kier alpha value is -2.24. The molecule has 6 heteroatoms. The molecule has 0 radical (unpaired) electrons. The van der Waals surface area contributed by atoms with Gasteiger partial charge in [0.1, 0.15) is 11.5 Å². The average Bonchev–Trinajstić information content (AvgIpc) is 2.52. The number of aryl methyl sites for hydroxylation is 1. The van der Waals surface area contributed by atoms with E-state index in [2.05, 4.69) is 0 Å². The van der Waals surface area contributed by atoms with E-state index in [0.29, 0.717) is 26.1 Å². The lowest BCUT2D eigenvalue weighted by Crippen LogP contribution is -2.12. The molecule has 1 aromatic rings. The molecule has 0 saturated carbocycles. The molecule has 0 heterocycles. The highest BCUT2D eigenvalue weighted by atomic mass is 16.5. The van der Waals surface area contributed by atoms with Crippen molar-refractivity contribution in [1.82, 2.24) is 0 Å². The van der Waals surface area contributed by atoms with Crippen LogP contribution in [0.2, 0.25) is 0 Å². The SMILES string of the molecule is COc1cc(C(CCOC(C)=O)CCOC(C)=O)c(OC)cc1C. The Bertz CT molecular complexity index is 547. The summed E-state index contributed by atoms with van der Waals surface area (Å²) < 4.78 is 21.0. The van der Waals surface area contributed by atoms with E-state index in [0.717, 1.165) is 22.6 Å². The molecule has 0 fully saturated rings. The number of carbonyl (C=O) groups is 2. The van der Waals surface area contributed by atoms with Crippen LogP contribution in [0.1, 0.15) is 43.7 Å². The van der Waals surface area contributed by atoms with E-state index in [1.165, 1.54) is 13.8 Å². The van der Waals surface area contributed by atoms with Crippen molar-refractivity contribution in [2.75, 3.05) is 27.4 Å². The molecule has 134 valence electrons. The van der Waals surface area contributed by atoms with E-state index < -0.39 is 0 Å². The van der Waals surface area contributed by atoms with E-state index in [1.807, 2.05) is 19.1 Å². The van der Waals surface area contributed by atoms with Crippen molar-refractivity contribution in [1.29, 1.82) is 0 Å². The molecule has 1 aromatic carbocycles. The fraction of sp³-hybridized carbons (Fsp3) is 0.556. The Morgan fingerprint density at radius 1 is 0.917 bits per heavy atom. The van der Waals surface area contributed by atoms with Crippen LogP contribution in [0, 0.1) is 6.92 Å². The summed E-state index contributed by atoms with van der Waals surface area (Å²) in [5.41, 5.74) is 1.91. The summed E-state index contributed by atoms with van der Waals surface area (Å²) in [7, 11) is 3.23. The predicted molar refractivity (Wildman–Crippen MR) is 89.5 cm³/mol. The van der Waals surface area contributed by atoms with Crippen molar-refractivity contribution >= 4 is 11.9 Å². The van der Waals surface area contributed by atoms with Gasteiger partial charge in [0.2, 0.25) is 0 Å². The molecule has 24 heavy (non-hydrogen) atoms. The molecule has 0 aromatic heterocycles. The van der Waals surface area contributed by atoms with Crippen molar-refractivity contribution in [3.05, 3.63) is 23.3 Å². The van der Waals surface area contributed by atoms with Crippen LogP contribution in [-0.4, -0.2) is 39.4 Å². The summed E-state index contributed by atoms with van der Waals surface area (Å²) in [4.78, 5) is 22.0. The number of methoxy groups -OCH3 is 2. The van der Waals surface area contributed by atoms with Gasteiger partial charge in [-0.2, -0.15) is 0 Å². The van der Waals surface area contributed by atoms with Gasteiger partial charge in [0.05, 0.1) is 27.4 Å². The molecule has 0 aliphatic heterocycles. The lowest BCUT2D eigenvalue weighted by atomic mass is 9.91. The molecule has 0 atom stereocenters. The molecule has 0 bridgehead atoms. The highest BCUT2D eigenvalue weighted by Crippen LogP contribution is 2.36. The Morgan fingerprint density at radius 3 is 1.83 bits per heavy atom. The van der Waals surface area contributed by atoms with Gasteiger partial charge in [-0.15, -0.1) is 0 Å². The molecule has 0 N–H and O–H groups in total. The van der Waals surface area contributed by atoms with Crippen LogP contribution in [-0.2, 0) is 19.1 Å². The van der Waals surface area contributed by atoms with Gasteiger partial charge in [0.15, 0.2) is 0 Å². The van der Waals surface area contributed by atoms with Gasteiger partial charge >= 0.3 is 11.9 Å². The van der Waals surface area contributed by atoms with E-state index in [4.69, 9.17) is 18.9 Å². The van der Waals surface area contributed by atoms with E-state index in [1.54, 1.807) is 14.2 Å². The number of rotatable bonds is 9. The first-order valence-electron chi connectivity index (χ1n) is 7.88. The minimum Gasteiger partial charge on any atom is -0.496 e. The number of esters is 2. The summed E-state index contributed by atoms with van der Waals surface area (Å²) in [6, 6.07) is 3.85. The van der Waals surface area contributed by atoms with Crippen LogP contribution in [0.4, 0.5) is 0 Å². The summed E-state index contributed by atoms with van der Waals surface area (Å²) in [5.74, 6) is 0.872. The largest absolute Gasteiger partial charge is 0.496 e. The Morgan fingerprint density at radius 2 is 1.42 bits per heavy atom. The standard InChI is InChI=1S/C18H26O6/c1-12-10-18(22-5)16(11-17(12)21-4)15(6-8-23-13(2)19)7-9-24-14(3)20/h10-11,15H,6-9H2,1-5H3. The van der Waals surface area contributed by atoms with Crippen LogP contribution in [0.3, 0.4) is 0 Å². The first-order valence-corrected chi connectivity index (χ1v) is 7.88. The smallest absolute Gasteiger partial charge is 0.302 e. The molecular formula is C18H26O6. The second-order valence-electron chi connectivity index (χ2n) is 5.52. The summed E-state index contributed by atoms with van der Waals surface area (Å²) in [6.07, 6.45) is 1.20. The second kappa shape index (κ2) is 9.80. The van der Waals surface area contributed by atoms with Gasteiger partial charge < -0.3 is 18.9 Å². The van der Waals surface area contributed by atoms with E-state index in [9.17, 15) is 9.59 Å². The Kier molecular flexibility index (Phi) is 8.09. The lowest BCUT2D eigenvalue weighted by molar-refractivity contribution is -0.141. The van der Waals surface area contributed by atoms with Crippen molar-refractivity contribution in [2.45, 2.75) is 39.5 Å². The third-order valence-electron chi connectivity index (χ3n) is 3.73. The number of hydrogen-bond acceptors (Lipinski definition) is 6. The predicted octanol–water partition coefficient (Wildman–Crippen LogP) is 3.00. The van der Waals surface area contributed by atoms with Crippen molar-refractivity contribution < 1.29 is 28.5 Å². The molecule has 0 spiro atoms. The molecular weight excluding hydrogens is 312 g/mol. The van der Waals surface area contributed by atoms with Gasteiger partial charge in [-0.3, -0.25) is 9.59 Å². The summed E-state index contributed by atoms with van der Waals surface area (Å²) in [6.45, 7) is 5.28. The van der Waals surface area contributed by atoms with Crippen LogP contribution < -0.4 is 9.47 Å². The number of benzene rings is 1. The van der Waals surface area contributed by atoms with Crippen LogP contribution in [0.5, 0.6) is 11.5 Å². The zero-order chi connectivity index (χ0) is 18.1. The van der Waals surface area contributed by atoms with Gasteiger partial charge in [-0.05, 0) is 43.4 Å². The van der Waals surface area contributed by atoms with E-state index >= 15 is 0 Å². The minimum atomic E-state index is -0.317. The molecule has 0 aliphatic rings. The van der Waals surface area contributed by atoms with Crippen LogP contribution in [0.25, 0.3) is 0 Å². The van der Waals surface area contributed by atoms with Gasteiger partial charge in [-0.25, -0.2) is 0 Å². The minimum absolute atomic E-state index is 0.00755. The number of carbonyl (C=O) groups excluding carboxylic acids is 2. The maximum absolute atomic E-state index is 11.0. The summed E-state index contributed by atoms with van der Waals surface area (Å²) in [5, 5.41) is 0. The van der Waals surface area contributed by atoms with Crippen molar-refractivity contribution in [3.8, 4) is 11.5 Å². The van der Waals surface area contributed by atoms with E-state index in [-0.39, 0.29) is 17.9 Å². The maximum atomic E-state index is 11.0. The van der Waals surface area contributed by atoms with Crippen LogP contribution in [0.15, 0.2) is 12.1 Å². The monoisotopic (exact) mass is 338 g/mol. The highest BCUT2D eigenvalue weighted by molar-refractivity contribution is 5.66. The maximum Gasteiger partial charge on any atom is 0.302 e. The zero-order valence-electron chi connectivity index (χ0n) is 15.0. The zero-order valence-corrected chi connectivity index (χ0v) is 15.0. The number of ether oxygens (including phenoxy) is 4.